The molecule has 0 radical (unpaired) electrons. The van der Waals surface area contributed by atoms with E-state index in [1.165, 1.54) is 5.19 Å². The van der Waals surface area contributed by atoms with Crippen LogP contribution in [0.2, 0.25) is 18.6 Å². The summed E-state index contributed by atoms with van der Waals surface area (Å²) < 4.78 is 14.5. The molecule has 4 atom stereocenters. The fourth-order valence-electron chi connectivity index (χ4n) is 7.87. The number of nitrogens with zero attached hydrogens (tertiary/aromatic N) is 5. The first-order valence-electron chi connectivity index (χ1n) is 16.1. The fourth-order valence-corrected chi connectivity index (χ4v) is 11.9. The Morgan fingerprint density at radius 2 is 2.00 bits per heavy atom. The number of carbonyl (C=O) groups excluding carboxylic acids is 2. The van der Waals surface area contributed by atoms with Gasteiger partial charge in [0.15, 0.2) is 5.60 Å². The quantitative estimate of drug-likeness (QED) is 0.242. The lowest BCUT2D eigenvalue weighted by Gasteiger charge is -2.37. The molecular formula is C34H44N6O5Si. The van der Waals surface area contributed by atoms with Gasteiger partial charge in [0.25, 0.3) is 5.91 Å². The van der Waals surface area contributed by atoms with Gasteiger partial charge in [-0.2, -0.15) is 0 Å². The van der Waals surface area contributed by atoms with Crippen molar-refractivity contribution >= 4 is 36.4 Å². The average Bonchev–Trinajstić information content (AvgIpc) is 3.70. The first kappa shape index (κ1) is 32.1. The predicted molar refractivity (Wildman–Crippen MR) is 179 cm³/mol. The third kappa shape index (κ3) is 5.36. The van der Waals surface area contributed by atoms with Gasteiger partial charge in [-0.05, 0) is 42.3 Å². The largest absolute Gasteiger partial charge is 0.497 e. The molecule has 2 saturated heterocycles. The Kier molecular flexibility index (Phi) is 8.90. The highest BCUT2D eigenvalue weighted by atomic mass is 28.3. The molecule has 0 saturated carbocycles. The molecule has 2 fully saturated rings. The van der Waals surface area contributed by atoms with E-state index in [0.29, 0.717) is 39.0 Å². The second kappa shape index (κ2) is 12.7. The molecule has 3 aromatic rings. The van der Waals surface area contributed by atoms with Crippen LogP contribution in [0.4, 0.5) is 11.4 Å². The van der Waals surface area contributed by atoms with E-state index in [-0.39, 0.29) is 42.5 Å². The monoisotopic (exact) mass is 644 g/mol. The number of ether oxygens (including phenoxy) is 2. The van der Waals surface area contributed by atoms with Crippen molar-refractivity contribution in [2.75, 3.05) is 49.7 Å². The minimum Gasteiger partial charge on any atom is -0.497 e. The van der Waals surface area contributed by atoms with Crippen molar-refractivity contribution in [3.8, 4) is 5.75 Å². The van der Waals surface area contributed by atoms with Crippen LogP contribution in [0.1, 0.15) is 24.6 Å². The normalized spacial score (nSPS) is 24.6. The molecule has 11 nitrogen and oxygen atoms in total. The van der Waals surface area contributed by atoms with E-state index < -0.39 is 13.7 Å². The molecule has 4 heterocycles. The summed E-state index contributed by atoms with van der Waals surface area (Å²) >= 11 is 0. The number of hydrogen-bond acceptors (Lipinski definition) is 8. The highest BCUT2D eigenvalue weighted by molar-refractivity contribution is 6.91. The van der Waals surface area contributed by atoms with Crippen molar-refractivity contribution in [1.29, 1.82) is 0 Å². The topological polar surface area (TPSA) is 122 Å². The van der Waals surface area contributed by atoms with E-state index in [4.69, 9.17) is 9.47 Å². The summed E-state index contributed by atoms with van der Waals surface area (Å²) in [7, 11) is -0.651. The summed E-state index contributed by atoms with van der Waals surface area (Å²) in [6, 6.07) is 14.2. The average molecular weight is 645 g/mol. The van der Waals surface area contributed by atoms with Crippen LogP contribution in [0.15, 0.2) is 61.3 Å². The van der Waals surface area contributed by atoms with Crippen LogP contribution in [0, 0.1) is 5.92 Å². The number of aromatic nitrogens is 3. The molecule has 12 heteroatoms. The zero-order chi connectivity index (χ0) is 32.6. The van der Waals surface area contributed by atoms with Crippen LogP contribution in [0.25, 0.3) is 0 Å². The lowest BCUT2D eigenvalue weighted by atomic mass is 9.82. The summed E-state index contributed by atoms with van der Waals surface area (Å²) in [6.07, 6.45) is 4.43. The summed E-state index contributed by atoms with van der Waals surface area (Å²) in [5.74, 6) is 0.552. The fraction of sp³-hybridized carbons (Fsp3) is 0.471. The minimum absolute atomic E-state index is 0.00473. The Balaban J connectivity index is 1.44. The van der Waals surface area contributed by atoms with Gasteiger partial charge in [0.1, 0.15) is 5.75 Å². The Bertz CT molecular complexity index is 1610. The van der Waals surface area contributed by atoms with Crippen molar-refractivity contribution in [3.63, 3.8) is 0 Å². The van der Waals surface area contributed by atoms with E-state index >= 15 is 0 Å². The van der Waals surface area contributed by atoms with Gasteiger partial charge >= 0.3 is 0 Å². The standard InChI is InChI=1S/C34H44N6O5Si/c1-6-16-40-29-12-7-25(39-18-15-35-21-31(39)42)20-28(29)34(33(40)43)23(2)32(46(4,5)27-10-8-26(44-3)9-11-27)30(45-34)13-17-38-22-24(14-19-41)36-37-38/h6-12,20,22-23,30,32,35,41H,1,13-19,21H2,2-5H3/t23-,30+,32-,34+/m0/s1. The summed E-state index contributed by atoms with van der Waals surface area (Å²) in [6.45, 7) is 13.3. The maximum Gasteiger partial charge on any atom is 0.264 e. The number of rotatable bonds is 11. The number of aryl methyl sites for hydroxylation is 1. The van der Waals surface area contributed by atoms with Crippen molar-refractivity contribution in [2.24, 2.45) is 5.92 Å². The third-order valence-corrected chi connectivity index (χ3v) is 14.5. The number of methoxy groups -OCH3 is 1. The summed E-state index contributed by atoms with van der Waals surface area (Å²) in [4.78, 5) is 31.2. The van der Waals surface area contributed by atoms with Gasteiger partial charge in [-0.1, -0.05) is 48.6 Å². The van der Waals surface area contributed by atoms with Crippen LogP contribution >= 0.6 is 0 Å². The van der Waals surface area contributed by atoms with Gasteiger partial charge in [-0.15, -0.1) is 11.7 Å². The van der Waals surface area contributed by atoms with Gasteiger partial charge < -0.3 is 29.7 Å². The first-order valence-corrected chi connectivity index (χ1v) is 19.1. The maximum absolute atomic E-state index is 14.7. The molecule has 3 aliphatic rings. The van der Waals surface area contributed by atoms with Gasteiger partial charge in [0.05, 0.1) is 39.2 Å². The van der Waals surface area contributed by atoms with E-state index in [0.717, 1.165) is 28.4 Å². The molecule has 0 bridgehead atoms. The number of piperazine rings is 1. The zero-order valence-electron chi connectivity index (χ0n) is 27.1. The lowest BCUT2D eigenvalue weighted by molar-refractivity contribution is -0.145. The molecule has 0 aliphatic carbocycles. The molecule has 46 heavy (non-hydrogen) atoms. The SMILES string of the molecule is C=CCN1C(=O)[C@]2(O[C@H](CCn3cc(CCO)nn3)[C@@H]([Si](C)(C)c3ccc(OC)cc3)[C@@H]2C)c2cc(N3CCNCC3=O)ccc21. The molecule has 1 spiro atoms. The number of nitrogens with one attached hydrogen (secondary N) is 1. The number of benzene rings is 2. The van der Waals surface area contributed by atoms with Gasteiger partial charge in [-0.3, -0.25) is 14.3 Å². The molecule has 244 valence electrons. The summed E-state index contributed by atoms with van der Waals surface area (Å²) in [5, 5.41) is 22.3. The summed E-state index contributed by atoms with van der Waals surface area (Å²) in [5.41, 5.74) is 1.97. The molecule has 0 unspecified atom stereocenters. The van der Waals surface area contributed by atoms with E-state index in [1.807, 2.05) is 36.5 Å². The second-order valence-electron chi connectivity index (χ2n) is 13.0. The van der Waals surface area contributed by atoms with E-state index in [1.54, 1.807) is 27.7 Å². The highest BCUT2D eigenvalue weighted by Gasteiger charge is 2.66. The van der Waals surface area contributed by atoms with Crippen molar-refractivity contribution in [1.82, 2.24) is 20.3 Å². The van der Waals surface area contributed by atoms with Crippen LogP contribution in [0.5, 0.6) is 5.75 Å². The number of amides is 2. The van der Waals surface area contributed by atoms with Gasteiger partial charge in [-0.25, -0.2) is 0 Å². The smallest absolute Gasteiger partial charge is 0.264 e. The molecule has 2 amide bonds. The molecule has 2 N–H and O–H groups in total. The number of aliphatic hydroxyl groups is 1. The highest BCUT2D eigenvalue weighted by Crippen LogP contribution is 2.60. The first-order chi connectivity index (χ1) is 22.1. The van der Waals surface area contributed by atoms with Gasteiger partial charge in [0.2, 0.25) is 5.91 Å². The van der Waals surface area contributed by atoms with Crippen LogP contribution in [0.3, 0.4) is 0 Å². The minimum atomic E-state index is -2.32. The maximum atomic E-state index is 14.7. The number of fused-ring (bicyclic) bond motifs is 2. The molecule has 1 aromatic heterocycles. The second-order valence-corrected chi connectivity index (χ2v) is 17.7. The number of hydrogen-bond donors (Lipinski definition) is 2. The third-order valence-electron chi connectivity index (χ3n) is 10.1. The molecule has 2 aromatic carbocycles. The lowest BCUT2D eigenvalue weighted by Crippen LogP contribution is -2.52. The number of carbonyl (C=O) groups is 2. The zero-order valence-corrected chi connectivity index (χ0v) is 28.1. The van der Waals surface area contributed by atoms with Crippen LogP contribution in [-0.4, -0.2) is 86.0 Å². The molecule has 6 rings (SSSR count). The van der Waals surface area contributed by atoms with Crippen molar-refractivity contribution in [2.45, 2.75) is 56.7 Å². The van der Waals surface area contributed by atoms with E-state index in [2.05, 4.69) is 54.4 Å². The Labute approximate surface area is 271 Å². The van der Waals surface area contributed by atoms with Crippen LogP contribution < -0.4 is 25.0 Å². The Hall–Kier alpha value is -3.84. The van der Waals surface area contributed by atoms with E-state index in [9.17, 15) is 14.7 Å². The Morgan fingerprint density at radius 3 is 2.70 bits per heavy atom. The number of aliphatic hydroxyl groups excluding tert-OH is 1. The molecular weight excluding hydrogens is 600 g/mol. The van der Waals surface area contributed by atoms with Gasteiger partial charge in [0, 0.05) is 62.6 Å². The number of anilines is 2. The van der Waals surface area contributed by atoms with Crippen molar-refractivity contribution < 1.29 is 24.2 Å². The molecule has 3 aliphatic heterocycles. The predicted octanol–water partition coefficient (Wildman–Crippen LogP) is 2.60. The Morgan fingerprint density at radius 1 is 1.22 bits per heavy atom. The van der Waals surface area contributed by atoms with Crippen molar-refractivity contribution in [3.05, 3.63) is 72.6 Å². The van der Waals surface area contributed by atoms with Crippen LogP contribution in [-0.2, 0) is 32.9 Å².